The number of aromatic amines is 5. The first-order chi connectivity index (χ1) is 42.5. The lowest BCUT2D eigenvalue weighted by Crippen LogP contribution is -2.13. The van der Waals surface area contributed by atoms with Crippen molar-refractivity contribution in [2.45, 2.75) is 144 Å². The fraction of sp³-hybridized carbons (Fsp3) is 0.305. The number of nitrogens with zero attached hydrogens (tertiary/aromatic N) is 10. The van der Waals surface area contributed by atoms with E-state index in [1.165, 1.54) is 111 Å². The predicted molar refractivity (Wildman–Crippen MR) is 368 cm³/mol. The molecule has 5 N–H and O–H groups in total. The van der Waals surface area contributed by atoms with Crippen LogP contribution in [-0.2, 0) is 52.4 Å². The number of nitrogens with one attached hydrogen (secondary N) is 5. The van der Waals surface area contributed by atoms with E-state index in [0.29, 0.717) is 41.9 Å². The van der Waals surface area contributed by atoms with Crippen molar-refractivity contribution >= 4 is 116 Å². The maximum atomic E-state index is 12.2. The molecule has 0 saturated heterocycles. The molecule has 0 radical (unpaired) electrons. The first-order valence-corrected chi connectivity index (χ1v) is 34.9. The number of thioether (sulfide) groups is 4. The van der Waals surface area contributed by atoms with E-state index in [1.807, 2.05) is 91.2 Å². The summed E-state index contributed by atoms with van der Waals surface area (Å²) in [7, 11) is -1.54. The topological polar surface area (TPSA) is 310 Å². The third-order valence-corrected chi connectivity index (χ3v) is 19.7. The Hall–Kier alpha value is -6.47. The molecular formula is C59H66Cl3N15O6S7. The number of H-pyrrole nitrogens is 5. The van der Waals surface area contributed by atoms with Gasteiger partial charge in [-0.1, -0.05) is 84.1 Å². The van der Waals surface area contributed by atoms with E-state index in [2.05, 4.69) is 88.6 Å². The van der Waals surface area contributed by atoms with E-state index in [-0.39, 0.29) is 51.1 Å². The average molecular weight is 1410 g/mol. The molecule has 0 aliphatic carbocycles. The third kappa shape index (κ3) is 24.3. The van der Waals surface area contributed by atoms with Crippen LogP contribution in [0.4, 0.5) is 0 Å². The second-order valence-electron chi connectivity index (χ2n) is 19.3. The fourth-order valence-corrected chi connectivity index (χ4v) is 15.6. The molecule has 0 spiro atoms. The number of rotatable bonds is 17. The molecule has 1 unspecified atom stereocenters. The lowest BCUT2D eigenvalue weighted by atomic mass is 10.1. The Labute approximate surface area is 563 Å². The highest BCUT2D eigenvalue weighted by Crippen LogP contribution is 2.28. The number of hydrogen-bond donors (Lipinski definition) is 5. The second-order valence-corrected chi connectivity index (χ2v) is 27.3. The lowest BCUT2D eigenvalue weighted by Gasteiger charge is -2.08. The lowest BCUT2D eigenvalue weighted by molar-refractivity contribution is 0.673. The average Bonchev–Trinajstić information content (AvgIpc) is 3.29. The molecule has 0 bridgehead atoms. The summed E-state index contributed by atoms with van der Waals surface area (Å²) in [5, 5.41) is 3.43. The van der Waals surface area contributed by atoms with Gasteiger partial charge in [0.2, 0.25) is 0 Å². The maximum Gasteiger partial charge on any atom is 0.251 e. The van der Waals surface area contributed by atoms with Gasteiger partial charge in [-0.25, -0.2) is 34.9 Å². The Kier molecular flexibility index (Phi) is 30.6. The number of pyridine rings is 3. The van der Waals surface area contributed by atoms with E-state index in [1.54, 1.807) is 29.6 Å². The van der Waals surface area contributed by atoms with Gasteiger partial charge < -0.3 is 19.9 Å². The van der Waals surface area contributed by atoms with Crippen LogP contribution in [0.5, 0.6) is 0 Å². The Morgan fingerprint density at radius 1 is 0.433 bits per heavy atom. The van der Waals surface area contributed by atoms with E-state index < -0.39 is 10.8 Å². The van der Waals surface area contributed by atoms with E-state index in [0.717, 1.165) is 92.3 Å². The van der Waals surface area contributed by atoms with Crippen LogP contribution in [0.1, 0.15) is 102 Å². The summed E-state index contributed by atoms with van der Waals surface area (Å²) < 4.78 is 12.2. The summed E-state index contributed by atoms with van der Waals surface area (Å²) in [5.74, 6) is 3.24. The monoisotopic (exact) mass is 1410 g/mol. The van der Waals surface area contributed by atoms with Crippen molar-refractivity contribution in [3.05, 3.63) is 229 Å². The quantitative estimate of drug-likeness (QED) is 0.0418. The molecule has 1 atom stereocenters. The molecule has 10 heterocycles. The van der Waals surface area contributed by atoms with E-state index in [9.17, 15) is 28.2 Å². The molecule has 10 aromatic rings. The minimum atomic E-state index is -1.54. The molecule has 90 heavy (non-hydrogen) atoms. The van der Waals surface area contributed by atoms with Gasteiger partial charge in [-0.3, -0.25) is 48.1 Å². The number of halogens is 3. The van der Waals surface area contributed by atoms with Crippen molar-refractivity contribution in [1.82, 2.24) is 74.8 Å². The smallest absolute Gasteiger partial charge is 0.251 e. The van der Waals surface area contributed by atoms with Crippen molar-refractivity contribution in [3.8, 4) is 0 Å². The highest BCUT2D eigenvalue weighted by Gasteiger charge is 2.15. The standard InChI is InChI=1S/2C13H15N3OS.C11H9Cl2N3O2S.2C11H13N3OS2.ClH/c2*1-8-5-14-6-9(2)11(8)7-18-13-15-10(3)4-12(17)16-13;1-6-2-10(17)16-11(15-6)19(18)5-7-8(12)3-14-4-9(7)13;2*1-3-8-9(17-6-12-8)5-16-11-13-7(2)4-10(15)14-11;/h2*4-6H,7H2,1-3H3,(H,15,16,17);2-4H,5H2,1H3,(H,15,16,17);2*4,6H,3,5H2,1-2H3,(H,13,14,15);1H. The highest BCUT2D eigenvalue weighted by molar-refractivity contribution is 7.99. The molecule has 31 heteroatoms. The fourth-order valence-electron chi connectivity index (χ4n) is 7.77. The van der Waals surface area contributed by atoms with E-state index >= 15 is 0 Å². The van der Waals surface area contributed by atoms with Crippen molar-refractivity contribution < 1.29 is 4.21 Å². The van der Waals surface area contributed by atoms with Crippen LogP contribution < -0.4 is 27.8 Å². The molecule has 0 amide bonds. The summed E-state index contributed by atoms with van der Waals surface area (Å²) in [6, 6.07) is 7.30. The normalized spacial score (nSPS) is 10.9. The van der Waals surface area contributed by atoms with Crippen LogP contribution in [0.15, 0.2) is 128 Å². The summed E-state index contributed by atoms with van der Waals surface area (Å²) in [6.45, 7) is 21.3. The van der Waals surface area contributed by atoms with Crippen molar-refractivity contribution in [2.24, 2.45) is 0 Å². The van der Waals surface area contributed by atoms with Gasteiger partial charge in [0, 0.05) is 134 Å². The van der Waals surface area contributed by atoms with Crippen LogP contribution >= 0.6 is 105 Å². The van der Waals surface area contributed by atoms with Crippen LogP contribution in [0.3, 0.4) is 0 Å². The number of aromatic nitrogens is 15. The van der Waals surface area contributed by atoms with E-state index in [4.69, 9.17) is 23.2 Å². The molecular weight excluding hydrogens is 1350 g/mol. The Bertz CT molecular complexity index is 4070. The van der Waals surface area contributed by atoms with Crippen LogP contribution in [0, 0.1) is 62.3 Å². The zero-order chi connectivity index (χ0) is 64.7. The summed E-state index contributed by atoms with van der Waals surface area (Å²) in [5.41, 5.74) is 16.4. The molecule has 10 aromatic heterocycles. The molecule has 0 aromatic carbocycles. The number of hydrogen-bond acceptors (Lipinski definition) is 22. The van der Waals surface area contributed by atoms with Crippen LogP contribution in [-0.4, -0.2) is 79.0 Å². The summed E-state index contributed by atoms with van der Waals surface area (Å²) >= 11 is 21.4. The van der Waals surface area contributed by atoms with Crippen molar-refractivity contribution in [1.29, 1.82) is 0 Å². The first kappa shape index (κ1) is 74.3. The molecule has 0 aliphatic heterocycles. The van der Waals surface area contributed by atoms with Crippen LogP contribution in [0.25, 0.3) is 0 Å². The zero-order valence-electron chi connectivity index (χ0n) is 50.9. The highest BCUT2D eigenvalue weighted by atomic mass is 35.5. The van der Waals surface area contributed by atoms with Gasteiger partial charge in [-0.2, -0.15) is 0 Å². The molecule has 0 fully saturated rings. The third-order valence-electron chi connectivity index (χ3n) is 12.2. The predicted octanol–water partition coefficient (Wildman–Crippen LogP) is 12.1. The van der Waals surface area contributed by atoms with Gasteiger partial charge in [0.15, 0.2) is 25.8 Å². The maximum absolute atomic E-state index is 12.2. The Balaban J connectivity index is 0.000000204. The van der Waals surface area contributed by atoms with Gasteiger partial charge in [-0.05, 0) is 109 Å². The Morgan fingerprint density at radius 2 is 0.733 bits per heavy atom. The van der Waals surface area contributed by atoms with Gasteiger partial charge in [-0.15, -0.1) is 35.1 Å². The molecule has 21 nitrogen and oxygen atoms in total. The summed E-state index contributed by atoms with van der Waals surface area (Å²) in [4.78, 5) is 114. The van der Waals surface area contributed by atoms with Gasteiger partial charge in [0.25, 0.3) is 27.8 Å². The SMILES string of the molecule is CCc1ncsc1CSc1nc(C)cc(=O)[nH]1.CCc1ncsc1CSc1nc(C)cc(=O)[nH]1.Cc1cc(=O)[nH]c(S(=O)Cc2c(Cl)cncc2Cl)n1.Cc1cc(=O)[nH]c(SCc2c(C)cncc2C)n1.Cc1cc(=O)[nH]c(SCc2c(C)cncc2C)n1.Cl. The van der Waals surface area contributed by atoms with Gasteiger partial charge in [0.1, 0.15) is 0 Å². The van der Waals surface area contributed by atoms with Crippen molar-refractivity contribution in [3.63, 3.8) is 0 Å². The second kappa shape index (κ2) is 37.1. The minimum absolute atomic E-state index is 0. The molecule has 0 saturated carbocycles. The largest absolute Gasteiger partial charge is 0.301 e. The first-order valence-electron chi connectivity index (χ1n) is 27.2. The molecule has 10 rings (SSSR count). The minimum Gasteiger partial charge on any atom is -0.301 e. The van der Waals surface area contributed by atoms with Gasteiger partial charge >= 0.3 is 0 Å². The zero-order valence-corrected chi connectivity index (χ0v) is 58.9. The van der Waals surface area contributed by atoms with Crippen molar-refractivity contribution in [2.75, 3.05) is 0 Å². The van der Waals surface area contributed by atoms with Gasteiger partial charge in [0.05, 0.1) is 49.0 Å². The number of aryl methyl sites for hydroxylation is 11. The molecule has 476 valence electrons. The van der Waals surface area contributed by atoms with Crippen LogP contribution in [0.2, 0.25) is 10.0 Å². The summed E-state index contributed by atoms with van der Waals surface area (Å²) in [6.07, 6.45) is 12.2. The number of thiazole rings is 2. The molecule has 0 aliphatic rings. The Morgan fingerprint density at radius 3 is 1.04 bits per heavy atom.